The predicted octanol–water partition coefficient (Wildman–Crippen LogP) is 4.26. The maximum Gasteiger partial charge on any atom is 0.341 e. The molecule has 0 unspecified atom stereocenters. The van der Waals surface area contributed by atoms with Gasteiger partial charge in [-0.25, -0.2) is 4.79 Å². The minimum Gasteiger partial charge on any atom is -0.490 e. The first-order valence-electron chi connectivity index (χ1n) is 8.85. The van der Waals surface area contributed by atoms with Gasteiger partial charge in [-0.2, -0.15) is 0 Å². The number of rotatable bonds is 7. The van der Waals surface area contributed by atoms with Crippen LogP contribution in [0.1, 0.15) is 18.1 Å². The van der Waals surface area contributed by atoms with E-state index in [1.807, 2.05) is 38.1 Å². The molecule has 0 radical (unpaired) electrons. The van der Waals surface area contributed by atoms with Gasteiger partial charge in [0.05, 0.1) is 17.2 Å². The van der Waals surface area contributed by atoms with Crippen LogP contribution in [0.4, 0.5) is 5.69 Å². The molecule has 0 spiro atoms. The van der Waals surface area contributed by atoms with Crippen LogP contribution in [0, 0.1) is 6.92 Å². The number of nitrogens with zero attached hydrogens (tertiary/aromatic N) is 1. The minimum atomic E-state index is -1.07. The number of thiocarbonyl (C=S) groups is 1. The van der Waals surface area contributed by atoms with Gasteiger partial charge in [0.15, 0.2) is 22.4 Å². The number of aliphatic carboxylic acids is 1. The number of anilines is 1. The Bertz CT molecular complexity index is 985. The number of thioether (sulfide) groups is 1. The van der Waals surface area contributed by atoms with E-state index < -0.39 is 12.6 Å². The molecular formula is C21H19NO5S2. The van der Waals surface area contributed by atoms with Gasteiger partial charge in [0.2, 0.25) is 0 Å². The summed E-state index contributed by atoms with van der Waals surface area (Å²) < 4.78 is 11.3. The summed E-state index contributed by atoms with van der Waals surface area (Å²) in [5, 5.41) is 8.80. The standard InChI is InChI=1S/C21H19NO5S2/c1-3-26-17-10-14(6-9-16(17)27-12-19(23)24)11-18-20(25)22(21(28)29-18)15-7-4-13(2)5-8-15/h4-11H,3,12H2,1-2H3,(H,23,24)/b18-11-. The summed E-state index contributed by atoms with van der Waals surface area (Å²) in [7, 11) is 0. The van der Waals surface area contributed by atoms with Crippen LogP contribution in [0.25, 0.3) is 6.08 Å². The summed E-state index contributed by atoms with van der Waals surface area (Å²) in [5.74, 6) is -0.514. The Morgan fingerprint density at radius 1 is 1.17 bits per heavy atom. The topological polar surface area (TPSA) is 76.1 Å². The Hall–Kier alpha value is -2.84. The fourth-order valence-electron chi connectivity index (χ4n) is 2.68. The summed E-state index contributed by atoms with van der Waals surface area (Å²) in [5.41, 5.74) is 2.55. The lowest BCUT2D eigenvalue weighted by Crippen LogP contribution is -2.27. The highest BCUT2D eigenvalue weighted by atomic mass is 32.2. The Morgan fingerprint density at radius 2 is 1.90 bits per heavy atom. The monoisotopic (exact) mass is 429 g/mol. The molecule has 1 aliphatic rings. The van der Waals surface area contributed by atoms with Crippen LogP contribution in [0.15, 0.2) is 47.4 Å². The molecule has 1 aliphatic heterocycles. The number of hydrogen-bond donors (Lipinski definition) is 1. The smallest absolute Gasteiger partial charge is 0.341 e. The first-order valence-corrected chi connectivity index (χ1v) is 10.1. The zero-order valence-corrected chi connectivity index (χ0v) is 17.5. The van der Waals surface area contributed by atoms with Gasteiger partial charge in [-0.3, -0.25) is 9.69 Å². The molecule has 2 aromatic rings. The highest BCUT2D eigenvalue weighted by Crippen LogP contribution is 2.37. The summed E-state index contributed by atoms with van der Waals surface area (Å²) in [6.45, 7) is 3.73. The van der Waals surface area contributed by atoms with Gasteiger partial charge < -0.3 is 14.6 Å². The lowest BCUT2D eigenvalue weighted by molar-refractivity contribution is -0.139. The second-order valence-corrected chi connectivity index (χ2v) is 7.85. The predicted molar refractivity (Wildman–Crippen MR) is 118 cm³/mol. The number of amides is 1. The van der Waals surface area contributed by atoms with Crippen molar-refractivity contribution in [2.75, 3.05) is 18.1 Å². The molecule has 1 heterocycles. The fraction of sp³-hybridized carbons (Fsp3) is 0.190. The van der Waals surface area contributed by atoms with Crippen molar-refractivity contribution in [2.45, 2.75) is 13.8 Å². The summed E-state index contributed by atoms with van der Waals surface area (Å²) in [6.07, 6.45) is 1.73. The molecule has 1 saturated heterocycles. The van der Waals surface area contributed by atoms with Gasteiger partial charge >= 0.3 is 5.97 Å². The van der Waals surface area contributed by atoms with Crippen molar-refractivity contribution in [1.82, 2.24) is 0 Å². The van der Waals surface area contributed by atoms with E-state index >= 15 is 0 Å². The second kappa shape index (κ2) is 9.11. The number of ether oxygens (including phenoxy) is 2. The minimum absolute atomic E-state index is 0.187. The lowest BCUT2D eigenvalue weighted by Gasteiger charge is -2.14. The van der Waals surface area contributed by atoms with E-state index in [2.05, 4.69) is 0 Å². The quantitative estimate of drug-likeness (QED) is 0.520. The summed E-state index contributed by atoms with van der Waals surface area (Å²) in [4.78, 5) is 25.6. The Morgan fingerprint density at radius 3 is 2.55 bits per heavy atom. The molecule has 8 heteroatoms. The van der Waals surface area contributed by atoms with Crippen molar-refractivity contribution in [2.24, 2.45) is 0 Å². The molecule has 3 rings (SSSR count). The number of carbonyl (C=O) groups is 2. The largest absolute Gasteiger partial charge is 0.490 e. The van der Waals surface area contributed by atoms with Crippen molar-refractivity contribution in [1.29, 1.82) is 0 Å². The zero-order chi connectivity index (χ0) is 21.0. The van der Waals surface area contributed by atoms with Crippen LogP contribution in [0.3, 0.4) is 0 Å². The molecule has 0 atom stereocenters. The van der Waals surface area contributed by atoms with Gasteiger partial charge in [-0.05, 0) is 49.8 Å². The van der Waals surface area contributed by atoms with Crippen molar-refractivity contribution < 1.29 is 24.2 Å². The lowest BCUT2D eigenvalue weighted by atomic mass is 10.1. The molecular weight excluding hydrogens is 410 g/mol. The van der Waals surface area contributed by atoms with Crippen LogP contribution in [0.2, 0.25) is 0 Å². The maximum absolute atomic E-state index is 12.9. The summed E-state index contributed by atoms with van der Waals surface area (Å²) in [6, 6.07) is 12.7. The van der Waals surface area contributed by atoms with Gasteiger partial charge in [-0.15, -0.1) is 0 Å². The second-order valence-electron chi connectivity index (χ2n) is 6.17. The molecule has 0 aromatic heterocycles. The highest BCUT2D eigenvalue weighted by molar-refractivity contribution is 8.27. The number of benzene rings is 2. The van der Waals surface area contributed by atoms with Gasteiger partial charge in [0.25, 0.3) is 5.91 Å². The summed E-state index contributed by atoms with van der Waals surface area (Å²) >= 11 is 6.63. The van der Waals surface area contributed by atoms with E-state index in [1.165, 1.54) is 16.7 Å². The average Bonchev–Trinajstić information content (AvgIpc) is 2.95. The average molecular weight is 430 g/mol. The molecule has 0 saturated carbocycles. The highest BCUT2D eigenvalue weighted by Gasteiger charge is 2.33. The zero-order valence-electron chi connectivity index (χ0n) is 15.9. The van der Waals surface area contributed by atoms with Crippen molar-refractivity contribution >= 4 is 51.9 Å². The maximum atomic E-state index is 12.9. The van der Waals surface area contributed by atoms with Crippen LogP contribution in [0.5, 0.6) is 11.5 Å². The van der Waals surface area contributed by atoms with E-state index in [4.69, 9.17) is 26.8 Å². The molecule has 6 nitrogen and oxygen atoms in total. The SMILES string of the molecule is CCOc1cc(/C=C2\SC(=S)N(c3ccc(C)cc3)C2=O)ccc1OCC(=O)O. The number of carboxylic acids is 1. The third-order valence-electron chi connectivity index (χ3n) is 4.00. The molecule has 1 N–H and O–H groups in total. The molecule has 2 aromatic carbocycles. The van der Waals surface area contributed by atoms with E-state index in [9.17, 15) is 9.59 Å². The number of carbonyl (C=O) groups excluding carboxylic acids is 1. The van der Waals surface area contributed by atoms with E-state index in [-0.39, 0.29) is 5.91 Å². The molecule has 0 bridgehead atoms. The first kappa shape index (κ1) is 20.9. The third-order valence-corrected chi connectivity index (χ3v) is 5.30. The Balaban J connectivity index is 1.86. The van der Waals surface area contributed by atoms with Gasteiger partial charge in [-0.1, -0.05) is 47.7 Å². The van der Waals surface area contributed by atoms with Crippen LogP contribution in [-0.4, -0.2) is 34.5 Å². The molecule has 29 heavy (non-hydrogen) atoms. The van der Waals surface area contributed by atoms with Gasteiger partial charge in [0, 0.05) is 0 Å². The third kappa shape index (κ3) is 4.96. The Kier molecular flexibility index (Phi) is 6.56. The van der Waals surface area contributed by atoms with Crippen LogP contribution < -0.4 is 14.4 Å². The van der Waals surface area contributed by atoms with E-state index in [1.54, 1.807) is 24.3 Å². The van der Waals surface area contributed by atoms with Crippen molar-refractivity contribution in [3.05, 3.63) is 58.5 Å². The van der Waals surface area contributed by atoms with E-state index in [0.717, 1.165) is 16.8 Å². The number of carboxylic acid groups (broad SMARTS) is 1. The molecule has 1 amide bonds. The van der Waals surface area contributed by atoms with Crippen molar-refractivity contribution in [3.8, 4) is 11.5 Å². The van der Waals surface area contributed by atoms with Gasteiger partial charge in [0.1, 0.15) is 0 Å². The normalized spacial score (nSPS) is 15.1. The van der Waals surface area contributed by atoms with E-state index in [0.29, 0.717) is 27.3 Å². The number of hydrogen-bond acceptors (Lipinski definition) is 6. The molecule has 150 valence electrons. The molecule has 0 aliphatic carbocycles. The van der Waals surface area contributed by atoms with Crippen LogP contribution in [-0.2, 0) is 9.59 Å². The van der Waals surface area contributed by atoms with Crippen molar-refractivity contribution in [3.63, 3.8) is 0 Å². The molecule has 1 fully saturated rings. The first-order chi connectivity index (χ1) is 13.9. The van der Waals surface area contributed by atoms with Crippen LogP contribution >= 0.6 is 24.0 Å². The Labute approximate surface area is 178 Å². The fourth-order valence-corrected chi connectivity index (χ4v) is 3.98. The number of aryl methyl sites for hydroxylation is 1.